The third kappa shape index (κ3) is 4.45. The quantitative estimate of drug-likeness (QED) is 0.691. The van der Waals surface area contributed by atoms with E-state index in [1.165, 1.54) is 51.4 Å². The molecule has 1 saturated heterocycles. The van der Waals surface area contributed by atoms with Crippen molar-refractivity contribution in [2.24, 2.45) is 5.92 Å². The molecule has 0 amide bonds. The molecule has 5 nitrogen and oxygen atoms in total. The molecular weight excluding hydrogens is 360 g/mol. The molecule has 0 spiro atoms. The van der Waals surface area contributed by atoms with Gasteiger partial charge in [0, 0.05) is 6.55 Å². The van der Waals surface area contributed by atoms with Crippen LogP contribution in [0.4, 0.5) is 0 Å². The van der Waals surface area contributed by atoms with Gasteiger partial charge in [0.25, 0.3) is 9.28 Å². The maximum absolute atomic E-state index is 6.84. The van der Waals surface area contributed by atoms with Crippen molar-refractivity contribution in [2.45, 2.75) is 83.2 Å². The summed E-state index contributed by atoms with van der Waals surface area (Å²) in [6.45, 7) is 8.32. The van der Waals surface area contributed by atoms with E-state index in [1.807, 2.05) is 0 Å². The predicted octanol–water partition coefficient (Wildman–Crippen LogP) is 2.71. The fourth-order valence-corrected chi connectivity index (χ4v) is 18.3. The minimum atomic E-state index is -2.68. The molecule has 0 radical (unpaired) electrons. The number of hydrogen-bond donors (Lipinski definition) is 0. The van der Waals surface area contributed by atoms with Crippen molar-refractivity contribution >= 4 is 36.7 Å². The minimum Gasteiger partial charge on any atom is -0.420 e. The highest BCUT2D eigenvalue weighted by Gasteiger charge is 2.52. The van der Waals surface area contributed by atoms with Gasteiger partial charge in [0.2, 0.25) is 0 Å². The van der Waals surface area contributed by atoms with Crippen LogP contribution >= 0.6 is 0 Å². The molecule has 0 aromatic carbocycles. The summed E-state index contributed by atoms with van der Waals surface area (Å²) in [7, 11) is -7.73. The van der Waals surface area contributed by atoms with Gasteiger partial charge in [-0.2, -0.15) is 0 Å². The van der Waals surface area contributed by atoms with Crippen LogP contribution in [0.2, 0.25) is 26.2 Å². The number of hydrogen-bond acceptors (Lipinski definition) is 5. The topological polar surface area (TPSA) is 46.2 Å². The summed E-state index contributed by atoms with van der Waals surface area (Å²) in [4.78, 5) is 0. The lowest BCUT2D eigenvalue weighted by Gasteiger charge is -2.44. The monoisotopic (exact) mass is 392 g/mol. The van der Waals surface area contributed by atoms with Gasteiger partial charge in [-0.25, -0.2) is 0 Å². The van der Waals surface area contributed by atoms with Gasteiger partial charge in [-0.3, -0.25) is 0 Å². The molecule has 0 N–H and O–H groups in total. The van der Waals surface area contributed by atoms with Crippen LogP contribution in [0.1, 0.15) is 51.4 Å². The largest absolute Gasteiger partial charge is 0.479 e. The van der Waals surface area contributed by atoms with Crippen molar-refractivity contribution < 1.29 is 20.9 Å². The third-order valence-corrected chi connectivity index (χ3v) is 18.5. The molecule has 2 atom stereocenters. The zero-order valence-electron chi connectivity index (χ0n) is 15.0. The zero-order chi connectivity index (χ0) is 16.5. The molecule has 23 heavy (non-hydrogen) atoms. The van der Waals surface area contributed by atoms with Crippen LogP contribution in [0.25, 0.3) is 0 Å². The Morgan fingerprint density at radius 1 is 0.870 bits per heavy atom. The van der Waals surface area contributed by atoms with Crippen LogP contribution in [-0.4, -0.2) is 42.3 Å². The van der Waals surface area contributed by atoms with E-state index in [-0.39, 0.29) is 5.60 Å². The SMILES string of the molecule is C[SiH]1O[SiH](C)O[Si](C)(OC2(C3CCCC3)CCCC2)O[SiH](C)O1. The fourth-order valence-electron chi connectivity index (χ4n) is 4.69. The first-order chi connectivity index (χ1) is 10.9. The van der Waals surface area contributed by atoms with E-state index in [0.717, 1.165) is 0 Å². The Hall–Kier alpha value is 0.668. The molecule has 9 heteroatoms. The second-order valence-corrected chi connectivity index (χ2v) is 16.8. The lowest BCUT2D eigenvalue weighted by molar-refractivity contribution is -0.0334. The van der Waals surface area contributed by atoms with Gasteiger partial charge in [-0.05, 0) is 51.2 Å². The molecular formula is C14H32O5Si4. The van der Waals surface area contributed by atoms with Gasteiger partial charge in [0.05, 0.1) is 5.60 Å². The Morgan fingerprint density at radius 3 is 1.91 bits per heavy atom. The lowest BCUT2D eigenvalue weighted by Crippen LogP contribution is -2.59. The maximum Gasteiger partial charge on any atom is 0.479 e. The summed E-state index contributed by atoms with van der Waals surface area (Å²) in [5.74, 6) is 0.691. The first-order valence-corrected chi connectivity index (χ1v) is 17.8. The average molecular weight is 393 g/mol. The van der Waals surface area contributed by atoms with Crippen molar-refractivity contribution in [3.8, 4) is 0 Å². The summed E-state index contributed by atoms with van der Waals surface area (Å²) < 4.78 is 31.6. The molecule has 134 valence electrons. The fraction of sp³-hybridized carbons (Fsp3) is 1.00. The van der Waals surface area contributed by atoms with Crippen LogP contribution < -0.4 is 0 Å². The summed E-state index contributed by atoms with van der Waals surface area (Å²) in [5.41, 5.74) is 0.00194. The second kappa shape index (κ2) is 7.50. The van der Waals surface area contributed by atoms with Crippen LogP contribution in [0, 0.1) is 5.92 Å². The Morgan fingerprint density at radius 2 is 1.39 bits per heavy atom. The van der Waals surface area contributed by atoms with E-state index in [0.29, 0.717) is 5.92 Å². The Labute approximate surface area is 146 Å². The molecule has 3 rings (SSSR count). The van der Waals surface area contributed by atoms with Gasteiger partial charge in [-0.1, -0.05) is 25.7 Å². The van der Waals surface area contributed by atoms with E-state index >= 15 is 0 Å². The van der Waals surface area contributed by atoms with E-state index in [4.69, 9.17) is 20.9 Å². The molecule has 2 saturated carbocycles. The van der Waals surface area contributed by atoms with E-state index in [9.17, 15) is 0 Å². The average Bonchev–Trinajstić information content (AvgIpc) is 3.06. The highest BCUT2D eigenvalue weighted by Crippen LogP contribution is 2.48. The molecule has 2 unspecified atom stereocenters. The van der Waals surface area contributed by atoms with Gasteiger partial charge in [0.1, 0.15) is 0 Å². The van der Waals surface area contributed by atoms with Crippen LogP contribution in [-0.2, 0) is 20.9 Å². The highest BCUT2D eigenvalue weighted by molar-refractivity contribution is 6.77. The molecule has 0 aromatic rings. The molecule has 2 aliphatic carbocycles. The normalized spacial score (nSPS) is 42.5. The Bertz CT molecular complexity index is 387. The van der Waals surface area contributed by atoms with Crippen molar-refractivity contribution in [1.29, 1.82) is 0 Å². The van der Waals surface area contributed by atoms with Gasteiger partial charge in [0.15, 0.2) is 0 Å². The van der Waals surface area contributed by atoms with Crippen molar-refractivity contribution in [1.82, 2.24) is 0 Å². The summed E-state index contributed by atoms with van der Waals surface area (Å²) in [5, 5.41) is 0. The van der Waals surface area contributed by atoms with Gasteiger partial charge in [-0.15, -0.1) is 0 Å². The zero-order valence-corrected chi connectivity index (χ0v) is 19.5. The van der Waals surface area contributed by atoms with Gasteiger partial charge < -0.3 is 20.9 Å². The van der Waals surface area contributed by atoms with E-state index < -0.39 is 36.7 Å². The molecule has 1 aliphatic heterocycles. The van der Waals surface area contributed by atoms with Gasteiger partial charge >= 0.3 is 27.4 Å². The molecule has 3 aliphatic rings. The van der Waals surface area contributed by atoms with E-state index in [1.54, 1.807) is 0 Å². The smallest absolute Gasteiger partial charge is 0.420 e. The van der Waals surface area contributed by atoms with Crippen molar-refractivity contribution in [3.63, 3.8) is 0 Å². The standard InChI is InChI=1S/C14H32O5Si4/c1-20-16-21(2)18-23(4,19-22(3)17-20)15-14(11-7-8-12-14)13-9-5-6-10-13/h13,20-22H,5-12H2,1-4H3. The van der Waals surface area contributed by atoms with Crippen LogP contribution in [0.5, 0.6) is 0 Å². The molecule has 3 fully saturated rings. The summed E-state index contributed by atoms with van der Waals surface area (Å²) in [6, 6.07) is 0. The third-order valence-electron chi connectivity index (χ3n) is 5.46. The van der Waals surface area contributed by atoms with Crippen LogP contribution in [0.3, 0.4) is 0 Å². The first kappa shape index (κ1) is 18.5. The first-order valence-electron chi connectivity index (χ1n) is 9.28. The van der Waals surface area contributed by atoms with Crippen molar-refractivity contribution in [3.05, 3.63) is 0 Å². The Balaban J connectivity index is 1.76. The lowest BCUT2D eigenvalue weighted by atomic mass is 9.85. The molecule has 0 bridgehead atoms. The summed E-state index contributed by atoms with van der Waals surface area (Å²) in [6.07, 6.45) is 10.2. The maximum atomic E-state index is 6.84. The highest BCUT2D eigenvalue weighted by atomic mass is 28.5. The summed E-state index contributed by atoms with van der Waals surface area (Å²) >= 11 is 0. The van der Waals surface area contributed by atoms with Crippen molar-refractivity contribution in [2.75, 3.05) is 0 Å². The molecule has 1 heterocycles. The van der Waals surface area contributed by atoms with Crippen LogP contribution in [0.15, 0.2) is 0 Å². The molecule has 0 aromatic heterocycles. The van der Waals surface area contributed by atoms with E-state index in [2.05, 4.69) is 26.2 Å². The second-order valence-electron chi connectivity index (χ2n) is 7.43. The number of rotatable bonds is 3. The minimum absolute atomic E-state index is 0.00194. The predicted molar refractivity (Wildman–Crippen MR) is 99.2 cm³/mol. The Kier molecular flexibility index (Phi) is 6.02.